The lowest BCUT2D eigenvalue weighted by atomic mass is 10.1. The minimum absolute atomic E-state index is 0.0553. The number of hydrogen-bond acceptors (Lipinski definition) is 4. The molecule has 1 rings (SSSR count). The Hall–Kier alpha value is -1.91. The van der Waals surface area contributed by atoms with Gasteiger partial charge < -0.3 is 14.6 Å². The Morgan fingerprint density at radius 3 is 2.59 bits per heavy atom. The summed E-state index contributed by atoms with van der Waals surface area (Å²) in [6, 6.07) is 3.89. The largest absolute Gasteiger partial charge is 0.550 e. The van der Waals surface area contributed by atoms with Crippen LogP contribution < -0.4 is 9.84 Å². The molecule has 0 aliphatic carbocycles. The summed E-state index contributed by atoms with van der Waals surface area (Å²) in [6.45, 7) is 0. The molecule has 17 heavy (non-hydrogen) atoms. The van der Waals surface area contributed by atoms with Crippen LogP contribution >= 0.6 is 0 Å². The first-order chi connectivity index (χ1) is 8.04. The number of halogens is 1. The van der Waals surface area contributed by atoms with Crippen molar-refractivity contribution >= 4 is 11.8 Å². The quantitative estimate of drug-likeness (QED) is 0.693. The predicted octanol–water partition coefficient (Wildman–Crippen LogP) is 0.937. The van der Waals surface area contributed by atoms with E-state index in [9.17, 15) is 19.1 Å². The number of Topliss-reactive ketones (excluding diaryl/α,β-unsaturated/α-hetero) is 1. The van der Waals surface area contributed by atoms with Crippen LogP contribution in [0.25, 0.3) is 0 Å². The van der Waals surface area contributed by atoms with E-state index in [1.807, 2.05) is 0 Å². The molecule has 1 aromatic carbocycles. The summed E-state index contributed by atoms with van der Waals surface area (Å²) < 4.78 is 18.0. The van der Waals surface area contributed by atoms with Crippen molar-refractivity contribution in [2.75, 3.05) is 7.11 Å². The van der Waals surface area contributed by atoms with Crippen molar-refractivity contribution in [1.29, 1.82) is 0 Å². The van der Waals surface area contributed by atoms with Gasteiger partial charge in [-0.25, -0.2) is 4.39 Å². The van der Waals surface area contributed by atoms with Crippen LogP contribution in [0.5, 0.6) is 5.75 Å². The van der Waals surface area contributed by atoms with E-state index < -0.39 is 11.8 Å². The third-order valence-corrected chi connectivity index (χ3v) is 2.26. The third kappa shape index (κ3) is 3.86. The molecule has 0 aromatic heterocycles. The number of aliphatic carboxylic acids is 1. The fourth-order valence-electron chi connectivity index (χ4n) is 1.38. The van der Waals surface area contributed by atoms with Crippen molar-refractivity contribution in [2.24, 2.45) is 0 Å². The van der Waals surface area contributed by atoms with Crippen LogP contribution in [0.4, 0.5) is 4.39 Å². The maximum atomic E-state index is 13.3. The maximum absolute atomic E-state index is 13.3. The number of carbonyl (C=O) groups is 2. The Morgan fingerprint density at radius 2 is 2.06 bits per heavy atom. The fraction of sp³-hybridized carbons (Fsp3) is 0.333. The summed E-state index contributed by atoms with van der Waals surface area (Å²) in [5.74, 6) is -2.04. The number of benzene rings is 1. The van der Waals surface area contributed by atoms with Crippen molar-refractivity contribution in [3.05, 3.63) is 29.6 Å². The third-order valence-electron chi connectivity index (χ3n) is 2.26. The highest BCUT2D eigenvalue weighted by Crippen LogP contribution is 2.18. The second kappa shape index (κ2) is 5.98. The molecule has 0 radical (unpaired) electrons. The molecule has 0 bridgehead atoms. The Kier molecular flexibility index (Phi) is 4.63. The van der Waals surface area contributed by atoms with Gasteiger partial charge in [-0.05, 0) is 31.0 Å². The van der Waals surface area contributed by atoms with Gasteiger partial charge in [0.05, 0.1) is 7.11 Å². The number of ether oxygens (including phenoxy) is 1. The zero-order valence-corrected chi connectivity index (χ0v) is 9.36. The average molecular weight is 239 g/mol. The molecule has 0 fully saturated rings. The lowest BCUT2D eigenvalue weighted by Gasteiger charge is -2.05. The highest BCUT2D eigenvalue weighted by molar-refractivity contribution is 5.96. The van der Waals surface area contributed by atoms with E-state index in [2.05, 4.69) is 0 Å². The minimum Gasteiger partial charge on any atom is -0.550 e. The summed E-state index contributed by atoms with van der Waals surface area (Å²) in [7, 11) is 1.33. The summed E-state index contributed by atoms with van der Waals surface area (Å²) in [5.41, 5.74) is 0.210. The van der Waals surface area contributed by atoms with E-state index in [1.54, 1.807) is 0 Å². The Balaban J connectivity index is 2.63. The molecule has 0 atom stereocenters. The first kappa shape index (κ1) is 13.2. The maximum Gasteiger partial charge on any atom is 0.165 e. The average Bonchev–Trinajstić information content (AvgIpc) is 2.28. The molecule has 0 aliphatic rings. The van der Waals surface area contributed by atoms with Gasteiger partial charge in [0.15, 0.2) is 17.3 Å². The molecule has 0 unspecified atom stereocenters. The predicted molar refractivity (Wildman–Crippen MR) is 56.1 cm³/mol. The first-order valence-corrected chi connectivity index (χ1v) is 5.11. The second-order valence-corrected chi connectivity index (χ2v) is 3.50. The molecule has 0 saturated heterocycles. The summed E-state index contributed by atoms with van der Waals surface area (Å²) in [5, 5.41) is 10.2. The van der Waals surface area contributed by atoms with Gasteiger partial charge in [0.1, 0.15) is 0 Å². The summed E-state index contributed by atoms with van der Waals surface area (Å²) in [4.78, 5) is 21.7. The molecule has 92 valence electrons. The Bertz CT molecular complexity index is 429. The van der Waals surface area contributed by atoms with Crippen molar-refractivity contribution in [3.8, 4) is 5.75 Å². The molecule has 0 spiro atoms. The van der Waals surface area contributed by atoms with Gasteiger partial charge in [0, 0.05) is 18.0 Å². The lowest BCUT2D eigenvalue weighted by Crippen LogP contribution is -2.21. The minimum atomic E-state index is -1.20. The number of hydrogen-bond donors (Lipinski definition) is 0. The molecule has 0 saturated carbocycles. The Morgan fingerprint density at radius 1 is 1.35 bits per heavy atom. The van der Waals surface area contributed by atoms with Gasteiger partial charge in [-0.15, -0.1) is 0 Å². The number of carbonyl (C=O) groups excluding carboxylic acids is 2. The van der Waals surface area contributed by atoms with Crippen molar-refractivity contribution in [2.45, 2.75) is 19.3 Å². The van der Waals surface area contributed by atoms with E-state index in [1.165, 1.54) is 19.2 Å². The number of rotatable bonds is 6. The van der Waals surface area contributed by atoms with Crippen LogP contribution in [0.15, 0.2) is 18.2 Å². The molecule has 0 aliphatic heterocycles. The van der Waals surface area contributed by atoms with Gasteiger partial charge in [0.25, 0.3) is 0 Å². The molecule has 1 aromatic rings. The van der Waals surface area contributed by atoms with Gasteiger partial charge in [-0.3, -0.25) is 4.79 Å². The molecule has 5 heteroatoms. The summed E-state index contributed by atoms with van der Waals surface area (Å²) >= 11 is 0. The van der Waals surface area contributed by atoms with Gasteiger partial charge in [-0.2, -0.15) is 0 Å². The molecule has 4 nitrogen and oxygen atoms in total. The van der Waals surface area contributed by atoms with Crippen molar-refractivity contribution < 1.29 is 23.8 Å². The first-order valence-electron chi connectivity index (χ1n) is 5.11. The molecule has 0 heterocycles. The van der Waals surface area contributed by atoms with Crippen LogP contribution in [0, 0.1) is 5.82 Å². The van der Waals surface area contributed by atoms with Crippen molar-refractivity contribution in [1.82, 2.24) is 0 Å². The number of carboxylic acids is 1. The molecule has 0 N–H and O–H groups in total. The van der Waals surface area contributed by atoms with Crippen LogP contribution in [-0.4, -0.2) is 18.9 Å². The number of ketones is 1. The number of carboxylic acid groups (broad SMARTS) is 1. The molecular weight excluding hydrogens is 227 g/mol. The second-order valence-electron chi connectivity index (χ2n) is 3.50. The lowest BCUT2D eigenvalue weighted by molar-refractivity contribution is -0.305. The molecular formula is C12H12FO4-. The highest BCUT2D eigenvalue weighted by Gasteiger charge is 2.09. The van der Waals surface area contributed by atoms with E-state index in [-0.39, 0.29) is 36.4 Å². The van der Waals surface area contributed by atoms with E-state index >= 15 is 0 Å². The fourth-order valence-corrected chi connectivity index (χ4v) is 1.38. The van der Waals surface area contributed by atoms with Crippen LogP contribution in [-0.2, 0) is 4.79 Å². The van der Waals surface area contributed by atoms with E-state index in [0.29, 0.717) is 0 Å². The zero-order chi connectivity index (χ0) is 12.8. The SMILES string of the molecule is COc1ccc(C(=O)CCCC(=O)[O-])cc1F. The van der Waals surface area contributed by atoms with Crippen LogP contribution in [0.3, 0.4) is 0 Å². The highest BCUT2D eigenvalue weighted by atomic mass is 19.1. The van der Waals surface area contributed by atoms with E-state index in [4.69, 9.17) is 4.74 Å². The summed E-state index contributed by atoms with van der Waals surface area (Å²) in [6.07, 6.45) is 0.0684. The Labute approximate surface area is 98.0 Å². The zero-order valence-electron chi connectivity index (χ0n) is 9.36. The molecule has 0 amide bonds. The van der Waals surface area contributed by atoms with Gasteiger partial charge >= 0.3 is 0 Å². The topological polar surface area (TPSA) is 66.4 Å². The van der Waals surface area contributed by atoms with Crippen molar-refractivity contribution in [3.63, 3.8) is 0 Å². The van der Waals surface area contributed by atoms with Gasteiger partial charge in [0.2, 0.25) is 0 Å². The van der Waals surface area contributed by atoms with Crippen LogP contribution in [0.1, 0.15) is 29.6 Å². The van der Waals surface area contributed by atoms with Crippen LogP contribution in [0.2, 0.25) is 0 Å². The normalized spacial score (nSPS) is 10.0. The standard InChI is InChI=1S/C12H13FO4/c1-17-11-6-5-8(7-9(11)13)10(14)3-2-4-12(15)16/h5-7H,2-4H2,1H3,(H,15,16)/p-1. The smallest absolute Gasteiger partial charge is 0.165 e. The van der Waals surface area contributed by atoms with Gasteiger partial charge in [-0.1, -0.05) is 0 Å². The number of methoxy groups -OCH3 is 1. The van der Waals surface area contributed by atoms with E-state index in [0.717, 1.165) is 6.07 Å². The monoisotopic (exact) mass is 239 g/mol.